The third kappa shape index (κ3) is 2.31. The van der Waals surface area contributed by atoms with Crippen LogP contribution in [-0.2, 0) is 4.79 Å². The Labute approximate surface area is 107 Å². The van der Waals surface area contributed by atoms with Crippen LogP contribution < -0.4 is 5.32 Å². The quantitative estimate of drug-likeness (QED) is 0.877. The van der Waals surface area contributed by atoms with Gasteiger partial charge in [0.1, 0.15) is 6.17 Å². The topological polar surface area (TPSA) is 32.3 Å². The maximum absolute atomic E-state index is 12.0. The molecule has 0 spiro atoms. The van der Waals surface area contributed by atoms with Gasteiger partial charge in [0.15, 0.2) is 0 Å². The second-order valence-electron chi connectivity index (χ2n) is 4.80. The highest BCUT2D eigenvalue weighted by molar-refractivity contribution is 6.30. The van der Waals surface area contributed by atoms with Gasteiger partial charge in [-0.3, -0.25) is 10.1 Å². The Kier molecular flexibility index (Phi) is 3.40. The molecule has 1 amide bonds. The number of nitrogens with one attached hydrogen (secondary N) is 1. The maximum Gasteiger partial charge on any atom is 0.241 e. The first kappa shape index (κ1) is 12.4. The summed E-state index contributed by atoms with van der Waals surface area (Å²) < 4.78 is 0. The Morgan fingerprint density at radius 3 is 2.65 bits per heavy atom. The molecule has 0 saturated carbocycles. The highest BCUT2D eigenvalue weighted by Crippen LogP contribution is 2.27. The second kappa shape index (κ2) is 4.67. The summed E-state index contributed by atoms with van der Waals surface area (Å²) in [5, 5.41) is 4.04. The number of likely N-dealkylation sites (N-methyl/N-ethyl adjacent to an activating group) is 1. The molecule has 1 saturated heterocycles. The van der Waals surface area contributed by atoms with Crippen molar-refractivity contribution in [3.8, 4) is 0 Å². The van der Waals surface area contributed by atoms with Gasteiger partial charge in [-0.05, 0) is 23.6 Å². The van der Waals surface area contributed by atoms with Gasteiger partial charge in [-0.15, -0.1) is 0 Å². The first-order chi connectivity index (χ1) is 8.00. The average molecular weight is 253 g/mol. The molecule has 4 heteroatoms. The van der Waals surface area contributed by atoms with Gasteiger partial charge in [0.25, 0.3) is 0 Å². The molecule has 3 nitrogen and oxygen atoms in total. The van der Waals surface area contributed by atoms with Crippen molar-refractivity contribution in [1.29, 1.82) is 0 Å². The third-order valence-electron chi connectivity index (χ3n) is 3.17. The smallest absolute Gasteiger partial charge is 0.241 e. The van der Waals surface area contributed by atoms with Gasteiger partial charge < -0.3 is 4.90 Å². The van der Waals surface area contributed by atoms with Crippen LogP contribution in [0.3, 0.4) is 0 Å². The number of carbonyl (C=O) groups excluding carboxylic acids is 1. The molecular formula is C13H17ClN2O. The number of carbonyl (C=O) groups is 1. The number of nitrogens with zero attached hydrogens (tertiary/aromatic N) is 1. The van der Waals surface area contributed by atoms with E-state index in [0.717, 1.165) is 5.56 Å². The molecule has 1 heterocycles. The van der Waals surface area contributed by atoms with Crippen LogP contribution in [0.15, 0.2) is 24.3 Å². The normalized spacial score (nSPS) is 24.8. The molecule has 1 aliphatic heterocycles. The van der Waals surface area contributed by atoms with Crippen molar-refractivity contribution in [3.63, 3.8) is 0 Å². The van der Waals surface area contributed by atoms with Gasteiger partial charge in [0, 0.05) is 12.1 Å². The Bertz CT molecular complexity index is 433. The molecule has 0 bridgehead atoms. The lowest BCUT2D eigenvalue weighted by Crippen LogP contribution is -2.33. The van der Waals surface area contributed by atoms with Crippen molar-refractivity contribution in [2.24, 2.45) is 5.92 Å². The minimum absolute atomic E-state index is 0.0754. The molecule has 92 valence electrons. The molecule has 1 fully saturated rings. The van der Waals surface area contributed by atoms with E-state index in [0.29, 0.717) is 5.02 Å². The highest BCUT2D eigenvalue weighted by Gasteiger charge is 2.38. The Morgan fingerprint density at radius 2 is 2.12 bits per heavy atom. The van der Waals surface area contributed by atoms with Crippen LogP contribution in [-0.4, -0.2) is 23.9 Å². The number of hydrogen-bond donors (Lipinski definition) is 1. The molecule has 2 rings (SSSR count). The number of halogens is 1. The summed E-state index contributed by atoms with van der Waals surface area (Å²) in [5.74, 6) is 0.430. The molecule has 1 aromatic rings. The van der Waals surface area contributed by atoms with E-state index >= 15 is 0 Å². The van der Waals surface area contributed by atoms with Crippen molar-refractivity contribution in [3.05, 3.63) is 34.9 Å². The Hall–Kier alpha value is -1.06. The van der Waals surface area contributed by atoms with Crippen molar-refractivity contribution in [2.45, 2.75) is 26.1 Å². The molecule has 2 atom stereocenters. The van der Waals surface area contributed by atoms with Crippen molar-refractivity contribution >= 4 is 17.5 Å². The van der Waals surface area contributed by atoms with E-state index in [4.69, 9.17) is 11.6 Å². The first-order valence-electron chi connectivity index (χ1n) is 5.79. The van der Waals surface area contributed by atoms with Crippen LogP contribution in [0, 0.1) is 5.92 Å². The minimum atomic E-state index is -0.107. The van der Waals surface area contributed by atoms with Gasteiger partial charge in [0.2, 0.25) is 5.91 Å². The standard InChI is InChI=1S/C13H17ClN2O/c1-8(2)11-13(17)16(3)12(15-11)9-5-4-6-10(14)7-9/h4-8,11-12,15H,1-3H3. The van der Waals surface area contributed by atoms with E-state index in [1.165, 1.54) is 0 Å². The lowest BCUT2D eigenvalue weighted by Gasteiger charge is -2.19. The van der Waals surface area contributed by atoms with Gasteiger partial charge in [0.05, 0.1) is 6.04 Å². The summed E-state index contributed by atoms with van der Waals surface area (Å²) in [6.45, 7) is 4.09. The monoisotopic (exact) mass is 252 g/mol. The number of rotatable bonds is 2. The minimum Gasteiger partial charge on any atom is -0.325 e. The molecule has 17 heavy (non-hydrogen) atoms. The van der Waals surface area contributed by atoms with E-state index in [-0.39, 0.29) is 24.0 Å². The van der Waals surface area contributed by atoms with Crippen LogP contribution in [0.1, 0.15) is 25.6 Å². The number of hydrogen-bond acceptors (Lipinski definition) is 2. The zero-order valence-corrected chi connectivity index (χ0v) is 11.0. The van der Waals surface area contributed by atoms with Crippen molar-refractivity contribution in [2.75, 3.05) is 7.05 Å². The predicted molar refractivity (Wildman–Crippen MR) is 68.7 cm³/mol. The lowest BCUT2D eigenvalue weighted by molar-refractivity contribution is -0.129. The fourth-order valence-corrected chi connectivity index (χ4v) is 2.37. The van der Waals surface area contributed by atoms with Gasteiger partial charge in [-0.1, -0.05) is 37.6 Å². The SMILES string of the molecule is CC(C)C1NC(c2cccc(Cl)c2)N(C)C1=O. The van der Waals surface area contributed by atoms with E-state index < -0.39 is 0 Å². The second-order valence-corrected chi connectivity index (χ2v) is 5.23. The molecule has 0 radical (unpaired) electrons. The van der Waals surface area contributed by atoms with Gasteiger partial charge >= 0.3 is 0 Å². The van der Waals surface area contributed by atoms with E-state index in [2.05, 4.69) is 5.32 Å². The first-order valence-corrected chi connectivity index (χ1v) is 6.16. The molecular weight excluding hydrogens is 236 g/mol. The molecule has 0 aliphatic carbocycles. The van der Waals surface area contributed by atoms with Gasteiger partial charge in [-0.25, -0.2) is 0 Å². The fraction of sp³-hybridized carbons (Fsp3) is 0.462. The summed E-state index contributed by atoms with van der Waals surface area (Å²) >= 11 is 5.98. The average Bonchev–Trinajstić information content (AvgIpc) is 2.56. The van der Waals surface area contributed by atoms with E-state index in [9.17, 15) is 4.79 Å². The zero-order chi connectivity index (χ0) is 12.6. The van der Waals surface area contributed by atoms with E-state index in [1.807, 2.05) is 45.2 Å². The van der Waals surface area contributed by atoms with Crippen LogP contribution in [0.5, 0.6) is 0 Å². The molecule has 1 N–H and O–H groups in total. The lowest BCUT2D eigenvalue weighted by atomic mass is 10.1. The van der Waals surface area contributed by atoms with Crippen LogP contribution in [0.2, 0.25) is 5.02 Å². The van der Waals surface area contributed by atoms with Crippen LogP contribution in [0.4, 0.5) is 0 Å². The molecule has 1 aromatic carbocycles. The Balaban J connectivity index is 2.26. The maximum atomic E-state index is 12.0. The van der Waals surface area contributed by atoms with Crippen molar-refractivity contribution in [1.82, 2.24) is 10.2 Å². The summed E-state index contributed by atoms with van der Waals surface area (Å²) in [4.78, 5) is 13.8. The summed E-state index contributed by atoms with van der Waals surface area (Å²) in [5.41, 5.74) is 1.02. The third-order valence-corrected chi connectivity index (χ3v) is 3.40. The summed E-state index contributed by atoms with van der Waals surface area (Å²) in [6, 6.07) is 7.51. The zero-order valence-electron chi connectivity index (χ0n) is 10.3. The van der Waals surface area contributed by atoms with E-state index in [1.54, 1.807) is 4.90 Å². The molecule has 0 aromatic heterocycles. The highest BCUT2D eigenvalue weighted by atomic mass is 35.5. The Morgan fingerprint density at radius 1 is 1.41 bits per heavy atom. The predicted octanol–water partition coefficient (Wildman–Crippen LogP) is 2.42. The number of amides is 1. The largest absolute Gasteiger partial charge is 0.325 e. The molecule has 2 unspecified atom stereocenters. The van der Waals surface area contributed by atoms with Crippen LogP contribution >= 0.6 is 11.6 Å². The fourth-order valence-electron chi connectivity index (χ4n) is 2.17. The van der Waals surface area contributed by atoms with Crippen molar-refractivity contribution < 1.29 is 4.79 Å². The summed E-state index contributed by atoms with van der Waals surface area (Å²) in [7, 11) is 1.82. The summed E-state index contributed by atoms with van der Waals surface area (Å²) in [6.07, 6.45) is -0.0754. The van der Waals surface area contributed by atoms with Gasteiger partial charge in [-0.2, -0.15) is 0 Å². The van der Waals surface area contributed by atoms with Crippen LogP contribution in [0.25, 0.3) is 0 Å². The number of benzene rings is 1. The molecule has 1 aliphatic rings.